The summed E-state index contributed by atoms with van der Waals surface area (Å²) in [7, 11) is 1.41. The molecule has 0 saturated heterocycles. The first-order valence-corrected chi connectivity index (χ1v) is 11.1. The molecule has 0 radical (unpaired) electrons. The molecular formula is C24H18Cl3N3O5. The summed E-state index contributed by atoms with van der Waals surface area (Å²) >= 11 is 17.6. The quantitative estimate of drug-likeness (QED) is 0.188. The fourth-order valence-electron chi connectivity index (χ4n) is 2.71. The fourth-order valence-corrected chi connectivity index (χ4v) is 3.14. The Hall–Kier alpha value is -3.59. The SMILES string of the molecule is COc1cc(C=NNC(=O)CNC(=O)c2ccc(Cl)cc2)ccc1OC(=O)c1ccc(Cl)c(Cl)c1. The maximum absolute atomic E-state index is 12.4. The van der Waals surface area contributed by atoms with Crippen molar-refractivity contribution in [3.05, 3.63) is 92.4 Å². The van der Waals surface area contributed by atoms with E-state index in [4.69, 9.17) is 44.3 Å². The van der Waals surface area contributed by atoms with Crippen LogP contribution >= 0.6 is 34.8 Å². The number of hydrogen-bond donors (Lipinski definition) is 2. The van der Waals surface area contributed by atoms with E-state index in [1.54, 1.807) is 36.4 Å². The van der Waals surface area contributed by atoms with Crippen molar-refractivity contribution in [1.29, 1.82) is 0 Å². The summed E-state index contributed by atoms with van der Waals surface area (Å²) in [4.78, 5) is 36.4. The van der Waals surface area contributed by atoms with Crippen LogP contribution in [0.15, 0.2) is 65.8 Å². The Labute approximate surface area is 215 Å². The predicted molar refractivity (Wildman–Crippen MR) is 134 cm³/mol. The highest BCUT2D eigenvalue weighted by Crippen LogP contribution is 2.29. The fraction of sp³-hybridized carbons (Fsp3) is 0.0833. The lowest BCUT2D eigenvalue weighted by molar-refractivity contribution is -0.120. The van der Waals surface area contributed by atoms with Crippen LogP contribution in [0.4, 0.5) is 0 Å². The Balaban J connectivity index is 1.55. The van der Waals surface area contributed by atoms with Crippen molar-refractivity contribution in [3.8, 4) is 11.5 Å². The molecule has 3 aromatic carbocycles. The van der Waals surface area contributed by atoms with E-state index in [0.717, 1.165) is 0 Å². The molecule has 2 N–H and O–H groups in total. The summed E-state index contributed by atoms with van der Waals surface area (Å²) in [6.45, 7) is -0.272. The van der Waals surface area contributed by atoms with E-state index in [1.807, 2.05) is 0 Å². The topological polar surface area (TPSA) is 106 Å². The van der Waals surface area contributed by atoms with E-state index in [1.165, 1.54) is 37.6 Å². The first-order chi connectivity index (χ1) is 16.8. The van der Waals surface area contributed by atoms with Crippen LogP contribution in [0.25, 0.3) is 0 Å². The average Bonchev–Trinajstić information content (AvgIpc) is 2.85. The third kappa shape index (κ3) is 7.45. The smallest absolute Gasteiger partial charge is 0.343 e. The van der Waals surface area contributed by atoms with Gasteiger partial charge in [-0.15, -0.1) is 0 Å². The van der Waals surface area contributed by atoms with E-state index < -0.39 is 17.8 Å². The van der Waals surface area contributed by atoms with E-state index in [9.17, 15) is 14.4 Å². The van der Waals surface area contributed by atoms with Gasteiger partial charge in [-0.3, -0.25) is 9.59 Å². The molecule has 2 amide bonds. The number of carbonyl (C=O) groups is 3. The van der Waals surface area contributed by atoms with Crippen molar-refractivity contribution in [3.63, 3.8) is 0 Å². The molecular weight excluding hydrogens is 517 g/mol. The minimum Gasteiger partial charge on any atom is -0.493 e. The molecule has 0 atom stereocenters. The van der Waals surface area contributed by atoms with Gasteiger partial charge in [0.25, 0.3) is 11.8 Å². The molecule has 0 aliphatic carbocycles. The Kier molecular flexibility index (Phi) is 9.08. The molecule has 0 fully saturated rings. The number of nitrogens with one attached hydrogen (secondary N) is 2. The molecule has 0 saturated carbocycles. The zero-order chi connectivity index (χ0) is 25.4. The predicted octanol–water partition coefficient (Wildman–Crippen LogP) is 4.75. The van der Waals surface area contributed by atoms with Gasteiger partial charge in [0.2, 0.25) is 0 Å². The van der Waals surface area contributed by atoms with E-state index in [0.29, 0.717) is 21.2 Å². The van der Waals surface area contributed by atoms with Crippen LogP contribution in [-0.2, 0) is 4.79 Å². The molecule has 3 aromatic rings. The summed E-state index contributed by atoms with van der Waals surface area (Å²) in [5, 5.41) is 7.38. The van der Waals surface area contributed by atoms with Crippen LogP contribution in [0.3, 0.4) is 0 Å². The third-order valence-corrected chi connectivity index (χ3v) is 5.46. The van der Waals surface area contributed by atoms with Crippen molar-refractivity contribution in [1.82, 2.24) is 10.7 Å². The average molecular weight is 535 g/mol. The van der Waals surface area contributed by atoms with Gasteiger partial charge in [0.05, 0.1) is 35.5 Å². The number of amides is 2. The summed E-state index contributed by atoms with van der Waals surface area (Å²) in [5.74, 6) is -1.14. The van der Waals surface area contributed by atoms with Crippen molar-refractivity contribution < 1.29 is 23.9 Å². The molecule has 0 aliphatic rings. The minimum atomic E-state index is -0.642. The van der Waals surface area contributed by atoms with Gasteiger partial charge >= 0.3 is 5.97 Å². The van der Waals surface area contributed by atoms with Gasteiger partial charge in [0.15, 0.2) is 11.5 Å². The highest BCUT2D eigenvalue weighted by atomic mass is 35.5. The molecule has 35 heavy (non-hydrogen) atoms. The van der Waals surface area contributed by atoms with E-state index in [-0.39, 0.29) is 28.6 Å². The first kappa shape index (κ1) is 26.0. The van der Waals surface area contributed by atoms with Gasteiger partial charge in [0.1, 0.15) is 0 Å². The lowest BCUT2D eigenvalue weighted by Crippen LogP contribution is -2.34. The number of hydrazone groups is 1. The molecule has 0 bridgehead atoms. The van der Waals surface area contributed by atoms with E-state index in [2.05, 4.69) is 15.8 Å². The summed E-state index contributed by atoms with van der Waals surface area (Å²) < 4.78 is 10.7. The monoisotopic (exact) mass is 533 g/mol. The van der Waals surface area contributed by atoms with Gasteiger partial charge in [-0.2, -0.15) is 5.10 Å². The largest absolute Gasteiger partial charge is 0.493 e. The van der Waals surface area contributed by atoms with Crippen LogP contribution in [0.1, 0.15) is 26.3 Å². The minimum absolute atomic E-state index is 0.176. The number of hydrogen-bond acceptors (Lipinski definition) is 6. The summed E-state index contributed by atoms with van der Waals surface area (Å²) in [6, 6.07) is 15.3. The molecule has 11 heteroatoms. The van der Waals surface area contributed by atoms with Crippen molar-refractivity contribution in [2.75, 3.05) is 13.7 Å². The molecule has 180 valence electrons. The van der Waals surface area contributed by atoms with Crippen molar-refractivity contribution >= 4 is 58.8 Å². The van der Waals surface area contributed by atoms with Gasteiger partial charge < -0.3 is 14.8 Å². The van der Waals surface area contributed by atoms with Gasteiger partial charge in [-0.1, -0.05) is 34.8 Å². The molecule has 8 nitrogen and oxygen atoms in total. The molecule has 0 unspecified atom stereocenters. The molecule has 0 aliphatic heterocycles. The van der Waals surface area contributed by atoms with Crippen LogP contribution in [-0.4, -0.2) is 37.7 Å². The number of esters is 1. The summed E-state index contributed by atoms with van der Waals surface area (Å²) in [5.41, 5.74) is 3.46. The second-order valence-corrected chi connectivity index (χ2v) is 8.16. The zero-order valence-electron chi connectivity index (χ0n) is 18.2. The Bertz CT molecular complexity index is 1280. The highest BCUT2D eigenvalue weighted by molar-refractivity contribution is 6.42. The number of halogens is 3. The number of methoxy groups -OCH3 is 1. The van der Waals surface area contributed by atoms with Crippen LogP contribution in [0, 0.1) is 0 Å². The van der Waals surface area contributed by atoms with Crippen LogP contribution < -0.4 is 20.2 Å². The third-order valence-electron chi connectivity index (χ3n) is 4.46. The molecule has 0 spiro atoms. The van der Waals surface area contributed by atoms with E-state index >= 15 is 0 Å². The maximum Gasteiger partial charge on any atom is 0.343 e. The second-order valence-electron chi connectivity index (χ2n) is 6.91. The zero-order valence-corrected chi connectivity index (χ0v) is 20.4. The Morgan fingerprint density at radius 2 is 1.60 bits per heavy atom. The van der Waals surface area contributed by atoms with Crippen molar-refractivity contribution in [2.45, 2.75) is 0 Å². The van der Waals surface area contributed by atoms with Gasteiger partial charge in [-0.25, -0.2) is 10.2 Å². The van der Waals surface area contributed by atoms with Crippen LogP contribution in [0.5, 0.6) is 11.5 Å². The molecule has 3 rings (SSSR count). The lowest BCUT2D eigenvalue weighted by atomic mass is 10.2. The first-order valence-electron chi connectivity index (χ1n) is 9.97. The number of nitrogens with zero attached hydrogens (tertiary/aromatic N) is 1. The normalized spacial score (nSPS) is 10.6. The van der Waals surface area contributed by atoms with Gasteiger partial charge in [0, 0.05) is 10.6 Å². The standard InChI is InChI=1S/C24H18Cl3N3O5/c1-34-21-10-14(2-9-20(21)35-24(33)16-5-8-18(26)19(27)11-16)12-29-30-22(31)13-28-23(32)15-3-6-17(25)7-4-15/h2-12H,13H2,1H3,(H,28,32)(H,30,31). The summed E-state index contributed by atoms with van der Waals surface area (Å²) in [6.07, 6.45) is 1.37. The number of rotatable bonds is 8. The number of carbonyl (C=O) groups excluding carboxylic acids is 3. The number of benzene rings is 3. The second kappa shape index (κ2) is 12.2. The van der Waals surface area contributed by atoms with Crippen molar-refractivity contribution in [2.24, 2.45) is 5.10 Å². The maximum atomic E-state index is 12.4. The Morgan fingerprint density at radius 1 is 0.886 bits per heavy atom. The molecule has 0 aromatic heterocycles. The lowest BCUT2D eigenvalue weighted by Gasteiger charge is -2.10. The Morgan fingerprint density at radius 3 is 2.29 bits per heavy atom. The van der Waals surface area contributed by atoms with Gasteiger partial charge in [-0.05, 0) is 66.2 Å². The highest BCUT2D eigenvalue weighted by Gasteiger charge is 2.14. The van der Waals surface area contributed by atoms with Crippen LogP contribution in [0.2, 0.25) is 15.1 Å². The number of ether oxygens (including phenoxy) is 2. The molecule has 0 heterocycles.